The fraction of sp³-hybridized carbons (Fsp3) is 0.0400. The van der Waals surface area contributed by atoms with Gasteiger partial charge >= 0.3 is 0 Å². The Labute approximate surface area is 153 Å². The predicted octanol–water partition coefficient (Wildman–Crippen LogP) is 6.91. The summed E-state index contributed by atoms with van der Waals surface area (Å²) in [5.41, 5.74) is 2.42. The topological polar surface area (TPSA) is 3.24 Å². The van der Waals surface area contributed by atoms with Crippen LogP contribution in [0.3, 0.4) is 0 Å². The Hall–Kier alpha value is -3.32. The number of hydrogen-bond acceptors (Lipinski definition) is 1. The normalized spacial score (nSPS) is 11.3. The van der Waals surface area contributed by atoms with Crippen molar-refractivity contribution in [3.8, 4) is 0 Å². The van der Waals surface area contributed by atoms with Crippen molar-refractivity contribution in [3.05, 3.63) is 97.1 Å². The van der Waals surface area contributed by atoms with E-state index in [-0.39, 0.29) is 0 Å². The lowest BCUT2D eigenvalue weighted by atomic mass is 9.93. The third-order valence-corrected chi connectivity index (χ3v) is 5.25. The van der Waals surface area contributed by atoms with Gasteiger partial charge in [-0.1, -0.05) is 78.9 Å². The summed E-state index contributed by atoms with van der Waals surface area (Å²) in [6.45, 7) is 0. The van der Waals surface area contributed by atoms with Gasteiger partial charge in [-0.2, -0.15) is 0 Å². The van der Waals surface area contributed by atoms with E-state index in [9.17, 15) is 0 Å². The summed E-state index contributed by atoms with van der Waals surface area (Å²) >= 11 is 0. The van der Waals surface area contributed by atoms with Crippen molar-refractivity contribution in [2.45, 2.75) is 0 Å². The highest BCUT2D eigenvalue weighted by molar-refractivity contribution is 6.28. The molecule has 0 spiro atoms. The SMILES string of the molecule is CN(c1ccccc1)c1cccc2c3ccccc3c3ccccc3c12. The fourth-order valence-corrected chi connectivity index (χ4v) is 4.01. The van der Waals surface area contributed by atoms with Crippen LogP contribution in [0.1, 0.15) is 0 Å². The van der Waals surface area contributed by atoms with Crippen molar-refractivity contribution < 1.29 is 0 Å². The molecule has 0 unspecified atom stereocenters. The monoisotopic (exact) mass is 333 g/mol. The number of fused-ring (bicyclic) bond motifs is 6. The van der Waals surface area contributed by atoms with E-state index >= 15 is 0 Å². The summed E-state index contributed by atoms with van der Waals surface area (Å²) in [6, 6.07) is 34.6. The van der Waals surface area contributed by atoms with Crippen molar-refractivity contribution in [2.24, 2.45) is 0 Å². The maximum absolute atomic E-state index is 2.28. The second-order valence-electron chi connectivity index (χ2n) is 6.69. The second-order valence-corrected chi connectivity index (χ2v) is 6.69. The van der Waals surface area contributed by atoms with Crippen LogP contribution >= 0.6 is 0 Å². The minimum Gasteiger partial charge on any atom is -0.344 e. The highest BCUT2D eigenvalue weighted by atomic mass is 15.1. The van der Waals surface area contributed by atoms with Crippen molar-refractivity contribution in [1.29, 1.82) is 0 Å². The highest BCUT2D eigenvalue weighted by Crippen LogP contribution is 2.40. The average Bonchev–Trinajstić information content (AvgIpc) is 2.73. The molecular formula is C25H19N. The Morgan fingerprint density at radius 2 is 0.923 bits per heavy atom. The molecule has 0 aliphatic carbocycles. The summed E-state index contributed by atoms with van der Waals surface area (Å²) in [7, 11) is 2.15. The molecule has 5 rings (SSSR count). The highest BCUT2D eigenvalue weighted by Gasteiger charge is 2.14. The maximum Gasteiger partial charge on any atom is 0.0494 e. The van der Waals surface area contributed by atoms with Crippen molar-refractivity contribution in [1.82, 2.24) is 0 Å². The van der Waals surface area contributed by atoms with Gasteiger partial charge < -0.3 is 4.90 Å². The maximum atomic E-state index is 2.28. The zero-order chi connectivity index (χ0) is 17.5. The smallest absolute Gasteiger partial charge is 0.0494 e. The number of anilines is 2. The summed E-state index contributed by atoms with van der Waals surface area (Å²) in [6.07, 6.45) is 0. The fourth-order valence-electron chi connectivity index (χ4n) is 4.01. The third-order valence-electron chi connectivity index (χ3n) is 5.25. The molecule has 0 N–H and O–H groups in total. The lowest BCUT2D eigenvalue weighted by Gasteiger charge is -2.23. The molecule has 0 aromatic heterocycles. The number of para-hydroxylation sites is 1. The summed E-state index contributed by atoms with van der Waals surface area (Å²) in [5, 5.41) is 7.86. The molecule has 124 valence electrons. The molecule has 0 radical (unpaired) electrons. The van der Waals surface area contributed by atoms with Crippen molar-refractivity contribution >= 4 is 43.7 Å². The largest absolute Gasteiger partial charge is 0.344 e. The first-order chi connectivity index (χ1) is 12.8. The first kappa shape index (κ1) is 15.0. The molecule has 0 saturated carbocycles. The molecular weight excluding hydrogens is 314 g/mol. The van der Waals surface area contributed by atoms with E-state index in [4.69, 9.17) is 0 Å². The second kappa shape index (κ2) is 5.89. The third kappa shape index (κ3) is 2.18. The van der Waals surface area contributed by atoms with Gasteiger partial charge in [-0.15, -0.1) is 0 Å². The first-order valence-electron chi connectivity index (χ1n) is 8.95. The Bertz CT molecular complexity index is 1190. The van der Waals surface area contributed by atoms with Gasteiger partial charge in [0.15, 0.2) is 0 Å². The van der Waals surface area contributed by atoms with Crippen LogP contribution in [-0.2, 0) is 0 Å². The summed E-state index contributed by atoms with van der Waals surface area (Å²) < 4.78 is 0. The molecule has 5 aromatic carbocycles. The van der Waals surface area contributed by atoms with Gasteiger partial charge in [0.1, 0.15) is 0 Å². The van der Waals surface area contributed by atoms with Crippen LogP contribution in [0.4, 0.5) is 11.4 Å². The average molecular weight is 333 g/mol. The van der Waals surface area contributed by atoms with Crippen LogP contribution in [0, 0.1) is 0 Å². The molecule has 0 fully saturated rings. The minimum atomic E-state index is 1.19. The van der Waals surface area contributed by atoms with Gasteiger partial charge in [-0.3, -0.25) is 0 Å². The lowest BCUT2D eigenvalue weighted by Crippen LogP contribution is -2.09. The molecule has 5 aromatic rings. The van der Waals surface area contributed by atoms with Crippen LogP contribution < -0.4 is 4.90 Å². The molecule has 0 aliphatic heterocycles. The number of rotatable bonds is 2. The van der Waals surface area contributed by atoms with E-state index in [1.54, 1.807) is 0 Å². The van der Waals surface area contributed by atoms with Crippen LogP contribution in [0.25, 0.3) is 32.3 Å². The van der Waals surface area contributed by atoms with E-state index in [2.05, 4.69) is 109 Å². The molecule has 0 amide bonds. The number of hydrogen-bond donors (Lipinski definition) is 0. The number of nitrogens with zero attached hydrogens (tertiary/aromatic N) is 1. The zero-order valence-corrected chi connectivity index (χ0v) is 14.7. The molecule has 0 aliphatic rings. The van der Waals surface area contributed by atoms with Gasteiger partial charge in [0.25, 0.3) is 0 Å². The molecule has 1 nitrogen and oxygen atoms in total. The summed E-state index contributed by atoms with van der Waals surface area (Å²) in [4.78, 5) is 2.28. The van der Waals surface area contributed by atoms with Gasteiger partial charge in [-0.25, -0.2) is 0 Å². The van der Waals surface area contributed by atoms with Gasteiger partial charge in [0.05, 0.1) is 0 Å². The number of benzene rings is 5. The predicted molar refractivity (Wildman–Crippen MR) is 113 cm³/mol. The Balaban J connectivity index is 1.95. The summed E-state index contributed by atoms with van der Waals surface area (Å²) in [5.74, 6) is 0. The van der Waals surface area contributed by atoms with E-state index < -0.39 is 0 Å². The van der Waals surface area contributed by atoms with Gasteiger partial charge in [0, 0.05) is 23.8 Å². The molecule has 0 bridgehead atoms. The first-order valence-corrected chi connectivity index (χ1v) is 8.95. The van der Waals surface area contributed by atoms with E-state index in [1.807, 2.05) is 0 Å². The van der Waals surface area contributed by atoms with Crippen LogP contribution in [0.5, 0.6) is 0 Å². The molecule has 0 atom stereocenters. The van der Waals surface area contributed by atoms with Crippen LogP contribution in [0.2, 0.25) is 0 Å². The Morgan fingerprint density at radius 1 is 0.462 bits per heavy atom. The van der Waals surface area contributed by atoms with Crippen molar-refractivity contribution in [3.63, 3.8) is 0 Å². The van der Waals surface area contributed by atoms with Gasteiger partial charge in [0.2, 0.25) is 0 Å². The standard InChI is InChI=1S/C25H19N/c1-26(18-10-3-2-4-11-18)24-17-9-16-23-21-13-6-5-12-19(21)20-14-7-8-15-22(20)25(23)24/h2-17H,1H3. The Kier molecular flexibility index (Phi) is 3.39. The van der Waals surface area contributed by atoms with E-state index in [0.29, 0.717) is 0 Å². The molecule has 0 saturated heterocycles. The van der Waals surface area contributed by atoms with Crippen LogP contribution in [-0.4, -0.2) is 7.05 Å². The zero-order valence-electron chi connectivity index (χ0n) is 14.7. The lowest BCUT2D eigenvalue weighted by molar-refractivity contribution is 1.22. The minimum absolute atomic E-state index is 1.19. The van der Waals surface area contributed by atoms with E-state index in [0.717, 1.165) is 0 Å². The van der Waals surface area contributed by atoms with E-state index in [1.165, 1.54) is 43.7 Å². The van der Waals surface area contributed by atoms with Crippen molar-refractivity contribution in [2.75, 3.05) is 11.9 Å². The molecule has 1 heteroatoms. The molecule has 0 heterocycles. The van der Waals surface area contributed by atoms with Crippen LogP contribution in [0.15, 0.2) is 97.1 Å². The van der Waals surface area contributed by atoms with Gasteiger partial charge in [-0.05, 0) is 45.1 Å². The molecule has 26 heavy (non-hydrogen) atoms. The quantitative estimate of drug-likeness (QED) is 0.317. The Morgan fingerprint density at radius 3 is 1.54 bits per heavy atom.